The summed E-state index contributed by atoms with van der Waals surface area (Å²) in [5.41, 5.74) is 9.58. The first-order valence-corrected chi connectivity index (χ1v) is 10.9. The molecule has 2 unspecified atom stereocenters. The summed E-state index contributed by atoms with van der Waals surface area (Å²) in [5.74, 6) is 0.124. The minimum Gasteiger partial charge on any atom is -0.507 e. The predicted octanol–water partition coefficient (Wildman–Crippen LogP) is 4.65. The van der Waals surface area contributed by atoms with Crippen LogP contribution in [0.1, 0.15) is 18.1 Å². The molecule has 1 saturated heterocycles. The van der Waals surface area contributed by atoms with Crippen LogP contribution in [0.4, 0.5) is 21.6 Å². The Bertz CT molecular complexity index is 1190. The molecule has 2 atom stereocenters. The van der Waals surface area contributed by atoms with Crippen molar-refractivity contribution < 1.29 is 19.0 Å². The van der Waals surface area contributed by atoms with Gasteiger partial charge in [0.15, 0.2) is 0 Å². The van der Waals surface area contributed by atoms with Crippen LogP contribution in [0.25, 0.3) is 11.3 Å². The molecule has 4 N–H and O–H groups in total. The highest BCUT2D eigenvalue weighted by molar-refractivity contribution is 6.30. The second-order valence-corrected chi connectivity index (χ2v) is 8.17. The van der Waals surface area contributed by atoms with E-state index in [1.165, 1.54) is 6.07 Å². The van der Waals surface area contributed by atoms with Crippen LogP contribution in [0.3, 0.4) is 0 Å². The average Bonchev–Trinajstić information content (AvgIpc) is 3.57. The molecule has 33 heavy (non-hydrogen) atoms. The van der Waals surface area contributed by atoms with Crippen molar-refractivity contribution in [2.75, 3.05) is 24.2 Å². The molecule has 9 heteroatoms. The number of nitrogen functional groups attached to an aromatic ring is 1. The minimum absolute atomic E-state index is 0.0374. The molecule has 0 radical (unpaired) electrons. The summed E-state index contributed by atoms with van der Waals surface area (Å²) in [6.45, 7) is 2.58. The molecule has 1 aromatic heterocycles. The van der Waals surface area contributed by atoms with Gasteiger partial charge < -0.3 is 20.9 Å². The maximum absolute atomic E-state index is 13.4. The molecule has 3 aromatic rings. The zero-order valence-corrected chi connectivity index (χ0v) is 18.8. The first kappa shape index (κ1) is 22.8. The molecular weight excluding hydrogens is 447 g/mol. The van der Waals surface area contributed by atoms with Gasteiger partial charge in [-0.15, -0.1) is 0 Å². The van der Waals surface area contributed by atoms with Crippen LogP contribution in [-0.2, 0) is 22.8 Å². The van der Waals surface area contributed by atoms with Gasteiger partial charge in [-0.2, -0.15) is 0 Å². The van der Waals surface area contributed by atoms with Crippen LogP contribution in [0, 0.1) is 0 Å². The smallest absolute Gasteiger partial charge is 0.324 e. The second-order valence-electron chi connectivity index (χ2n) is 7.73. The molecule has 172 valence electrons. The lowest BCUT2D eigenvalue weighted by Gasteiger charge is -2.14. The van der Waals surface area contributed by atoms with Crippen LogP contribution < -0.4 is 11.1 Å². The third-order valence-corrected chi connectivity index (χ3v) is 5.66. The highest BCUT2D eigenvalue weighted by atomic mass is 35.5. The molecule has 7 nitrogen and oxygen atoms in total. The van der Waals surface area contributed by atoms with E-state index in [1.807, 2.05) is 11.0 Å². The van der Waals surface area contributed by atoms with Crippen molar-refractivity contribution in [2.24, 2.45) is 0 Å². The van der Waals surface area contributed by atoms with Crippen molar-refractivity contribution >= 4 is 34.8 Å². The zero-order valence-electron chi connectivity index (χ0n) is 18.0. The minimum atomic E-state index is -0.665. The number of nitrogens with two attached hydrogens (primary N) is 1. The van der Waals surface area contributed by atoms with E-state index in [-0.39, 0.29) is 17.8 Å². The molecule has 0 aliphatic carbocycles. The van der Waals surface area contributed by atoms with E-state index in [0.29, 0.717) is 58.7 Å². The number of esters is 1. The quantitative estimate of drug-likeness (QED) is 0.250. The van der Waals surface area contributed by atoms with E-state index in [1.54, 1.807) is 43.3 Å². The van der Waals surface area contributed by atoms with Crippen LogP contribution in [0.2, 0.25) is 5.02 Å². The van der Waals surface area contributed by atoms with Gasteiger partial charge in [-0.05, 0) is 49.4 Å². The number of nitrogens with one attached hydrogen (secondary N) is 1. The molecule has 0 spiro atoms. The van der Waals surface area contributed by atoms with E-state index < -0.39 is 6.67 Å². The van der Waals surface area contributed by atoms with Crippen molar-refractivity contribution in [1.82, 2.24) is 9.88 Å². The highest BCUT2D eigenvalue weighted by Crippen LogP contribution is 2.34. The number of alkyl halides is 1. The number of carbonyl (C=O) groups is 1. The Morgan fingerprint density at radius 3 is 2.82 bits per heavy atom. The molecule has 1 aliphatic heterocycles. The van der Waals surface area contributed by atoms with E-state index in [2.05, 4.69) is 10.3 Å². The number of carbonyl (C=O) groups excluding carboxylic acids is 1. The number of anilines is 3. The molecular formula is C24H24ClFN4O3. The number of benzene rings is 2. The van der Waals surface area contributed by atoms with Gasteiger partial charge >= 0.3 is 5.97 Å². The highest BCUT2D eigenvalue weighted by Gasteiger charge is 2.41. The number of rotatable bonds is 8. The summed E-state index contributed by atoms with van der Waals surface area (Å²) in [5, 5.41) is 14.0. The van der Waals surface area contributed by atoms with Crippen molar-refractivity contribution in [3.05, 3.63) is 64.7 Å². The molecule has 1 aliphatic rings. The summed E-state index contributed by atoms with van der Waals surface area (Å²) in [6.07, 6.45) is 0. The average molecular weight is 471 g/mol. The SMILES string of the molecule is CCOC(=O)C1CN1Cc1ccc(-c2cc(Nc3ccc(Cl)cc3CF)ccc2O)nc1N. The van der Waals surface area contributed by atoms with Crippen LogP contribution >= 0.6 is 11.6 Å². The van der Waals surface area contributed by atoms with Crippen molar-refractivity contribution in [1.29, 1.82) is 0 Å². The number of pyridine rings is 1. The number of phenols is 1. The normalized spacial score (nSPS) is 16.9. The molecule has 0 amide bonds. The van der Waals surface area contributed by atoms with Gasteiger partial charge in [0.2, 0.25) is 0 Å². The number of phenolic OH excluding ortho intramolecular Hbond substituents is 1. The fourth-order valence-electron chi connectivity index (χ4n) is 3.59. The molecule has 2 heterocycles. The van der Waals surface area contributed by atoms with Gasteiger partial charge in [-0.1, -0.05) is 17.7 Å². The van der Waals surface area contributed by atoms with Gasteiger partial charge in [0.1, 0.15) is 24.3 Å². The zero-order chi connectivity index (χ0) is 23.5. The number of aromatic nitrogens is 1. The van der Waals surface area contributed by atoms with E-state index in [9.17, 15) is 14.3 Å². The number of ether oxygens (including phenoxy) is 1. The monoisotopic (exact) mass is 470 g/mol. The first-order chi connectivity index (χ1) is 15.9. The standard InChI is InChI=1S/C24H24ClFN4O3/c1-2-33-24(32)21-13-30(21)12-14-3-6-20(29-23(14)27)18-10-17(5-8-22(18)31)28-19-7-4-16(25)9-15(19)11-26/h3-10,21,28,31H,2,11-13H2,1H3,(H2,27,29). The van der Waals surface area contributed by atoms with Gasteiger partial charge in [-0.25, -0.2) is 9.37 Å². The van der Waals surface area contributed by atoms with Gasteiger partial charge in [0.05, 0.1) is 12.3 Å². The summed E-state index contributed by atoms with van der Waals surface area (Å²) < 4.78 is 18.4. The van der Waals surface area contributed by atoms with Crippen molar-refractivity contribution in [2.45, 2.75) is 26.2 Å². The number of aromatic hydroxyl groups is 1. The predicted molar refractivity (Wildman–Crippen MR) is 126 cm³/mol. The molecule has 2 aromatic carbocycles. The van der Waals surface area contributed by atoms with Gasteiger partial charge in [-0.3, -0.25) is 9.69 Å². The van der Waals surface area contributed by atoms with E-state index in [4.69, 9.17) is 22.1 Å². The lowest BCUT2D eigenvalue weighted by atomic mass is 10.1. The number of hydrogen-bond acceptors (Lipinski definition) is 7. The number of nitrogens with zero attached hydrogens (tertiary/aromatic N) is 2. The fourth-order valence-corrected chi connectivity index (χ4v) is 3.78. The fraction of sp³-hybridized carbons (Fsp3) is 0.250. The van der Waals surface area contributed by atoms with Crippen LogP contribution in [-0.4, -0.2) is 40.2 Å². The number of hydrogen-bond donors (Lipinski definition) is 3. The Labute approximate surface area is 196 Å². The second kappa shape index (κ2) is 9.64. The van der Waals surface area contributed by atoms with Crippen LogP contribution in [0.15, 0.2) is 48.5 Å². The van der Waals surface area contributed by atoms with Crippen molar-refractivity contribution in [3.8, 4) is 17.0 Å². The molecule has 0 bridgehead atoms. The Kier molecular flexibility index (Phi) is 6.67. The maximum Gasteiger partial charge on any atom is 0.324 e. The summed E-state index contributed by atoms with van der Waals surface area (Å²) in [6, 6.07) is 13.2. The molecule has 0 saturated carbocycles. The lowest BCUT2D eigenvalue weighted by Crippen LogP contribution is -2.16. The van der Waals surface area contributed by atoms with Gasteiger partial charge in [0, 0.05) is 46.2 Å². The Balaban J connectivity index is 1.52. The topological polar surface area (TPSA) is 100 Å². The van der Waals surface area contributed by atoms with Crippen molar-refractivity contribution in [3.63, 3.8) is 0 Å². The third-order valence-electron chi connectivity index (χ3n) is 5.42. The largest absolute Gasteiger partial charge is 0.507 e. The van der Waals surface area contributed by atoms with E-state index >= 15 is 0 Å². The summed E-state index contributed by atoms with van der Waals surface area (Å²) in [7, 11) is 0. The first-order valence-electron chi connectivity index (χ1n) is 10.5. The summed E-state index contributed by atoms with van der Waals surface area (Å²) in [4.78, 5) is 18.2. The lowest BCUT2D eigenvalue weighted by molar-refractivity contribution is -0.143. The third kappa shape index (κ3) is 5.18. The van der Waals surface area contributed by atoms with Gasteiger partial charge in [0.25, 0.3) is 0 Å². The maximum atomic E-state index is 13.4. The van der Waals surface area contributed by atoms with Crippen LogP contribution in [0.5, 0.6) is 5.75 Å². The Hall–Kier alpha value is -3.36. The summed E-state index contributed by atoms with van der Waals surface area (Å²) >= 11 is 5.95. The molecule has 1 fully saturated rings. The number of halogens is 2. The molecule has 4 rings (SSSR count). The Morgan fingerprint density at radius 1 is 1.27 bits per heavy atom. The van der Waals surface area contributed by atoms with E-state index in [0.717, 1.165) is 5.56 Å². The Morgan fingerprint density at radius 2 is 2.09 bits per heavy atom.